The molecule has 1 heterocycles. The molecular weight excluding hydrogens is 428 g/mol. The Hall–Kier alpha value is -3.13. The fourth-order valence-corrected chi connectivity index (χ4v) is 3.88. The lowest BCUT2D eigenvalue weighted by Gasteiger charge is -2.24. The molecule has 8 heteroatoms. The van der Waals surface area contributed by atoms with Crippen molar-refractivity contribution in [2.75, 3.05) is 20.1 Å². The summed E-state index contributed by atoms with van der Waals surface area (Å²) in [4.78, 5) is 16.9. The molecule has 2 aromatic rings. The van der Waals surface area contributed by atoms with Gasteiger partial charge in [-0.3, -0.25) is 14.5 Å². The van der Waals surface area contributed by atoms with Gasteiger partial charge in [-0.15, -0.1) is 0 Å². The lowest BCUT2D eigenvalue weighted by molar-refractivity contribution is 0.00800. The van der Waals surface area contributed by atoms with E-state index >= 15 is 0 Å². The molecule has 1 aromatic heterocycles. The number of hydrogen-bond donors (Lipinski definition) is 1. The number of nitrogens with one attached hydrogen (secondary N) is 1. The Morgan fingerprint density at radius 1 is 1.29 bits per heavy atom. The van der Waals surface area contributed by atoms with Crippen LogP contribution in [0.5, 0.6) is 0 Å². The highest BCUT2D eigenvalue weighted by atomic mass is 16.5. The van der Waals surface area contributed by atoms with Crippen molar-refractivity contribution >= 4 is 18.6 Å². The van der Waals surface area contributed by atoms with Crippen LogP contribution in [0.1, 0.15) is 55.8 Å². The zero-order chi connectivity index (χ0) is 24.2. The Labute approximate surface area is 201 Å². The fourth-order valence-electron chi connectivity index (χ4n) is 3.88. The minimum absolute atomic E-state index is 0.0772. The average molecular weight is 465 g/mol. The van der Waals surface area contributed by atoms with Gasteiger partial charge in [-0.2, -0.15) is 10.2 Å². The molecule has 1 N–H and O–H groups in total. The molecule has 1 aliphatic rings. The third kappa shape index (κ3) is 8.33. The summed E-state index contributed by atoms with van der Waals surface area (Å²) in [5.41, 5.74) is 2.36. The number of hydrogen-bond acceptors (Lipinski definition) is 7. The zero-order valence-electron chi connectivity index (χ0n) is 20.3. The first-order valence-corrected chi connectivity index (χ1v) is 12.1. The van der Waals surface area contributed by atoms with Crippen LogP contribution in [0.15, 0.2) is 51.4 Å². The highest BCUT2D eigenvalue weighted by molar-refractivity contribution is 5.80. The summed E-state index contributed by atoms with van der Waals surface area (Å²) in [7, 11) is 1.91. The topological polar surface area (TPSA) is 95.9 Å². The summed E-state index contributed by atoms with van der Waals surface area (Å²) in [6, 6.07) is 9.49. The number of ether oxygens (including phenoxy) is 1. The predicted octanol–water partition coefficient (Wildman–Crippen LogP) is 3.56. The van der Waals surface area contributed by atoms with Gasteiger partial charge in [0.2, 0.25) is 5.43 Å². The van der Waals surface area contributed by atoms with Crippen molar-refractivity contribution in [3.63, 3.8) is 0 Å². The molecule has 1 fully saturated rings. The Kier molecular flexibility index (Phi) is 10.2. The molecule has 1 unspecified atom stereocenters. The summed E-state index contributed by atoms with van der Waals surface area (Å²) in [5.74, 6) is 0. The fraction of sp³-hybridized carbons (Fsp3) is 0.500. The summed E-state index contributed by atoms with van der Waals surface area (Å²) < 4.78 is 7.76. The lowest BCUT2D eigenvalue weighted by atomic mass is 9.97. The maximum Gasteiger partial charge on any atom is 0.203 e. The quantitative estimate of drug-likeness (QED) is 0.384. The van der Waals surface area contributed by atoms with Gasteiger partial charge in [0.15, 0.2) is 0 Å². The van der Waals surface area contributed by atoms with Crippen LogP contribution in [0.3, 0.4) is 0 Å². The van der Waals surface area contributed by atoms with Gasteiger partial charge in [0.1, 0.15) is 11.8 Å². The molecule has 0 bridgehead atoms. The molecule has 0 spiro atoms. The number of benzene rings is 1. The molecular formula is C26H36N6O2. The van der Waals surface area contributed by atoms with E-state index in [4.69, 9.17) is 10.1 Å². The van der Waals surface area contributed by atoms with Crippen LogP contribution in [0.2, 0.25) is 0 Å². The van der Waals surface area contributed by atoms with Crippen molar-refractivity contribution in [3.8, 4) is 0 Å². The second-order valence-electron chi connectivity index (χ2n) is 8.64. The second kappa shape index (κ2) is 13.5. The second-order valence-corrected chi connectivity index (χ2v) is 8.64. The van der Waals surface area contributed by atoms with Crippen LogP contribution in [0.25, 0.3) is 0 Å². The molecule has 0 saturated heterocycles. The molecule has 0 aliphatic heterocycles. The number of hydrazone groups is 1. The van der Waals surface area contributed by atoms with E-state index in [1.807, 2.05) is 49.5 Å². The molecule has 0 radical (unpaired) electrons. The van der Waals surface area contributed by atoms with E-state index in [0.717, 1.165) is 30.5 Å². The summed E-state index contributed by atoms with van der Waals surface area (Å²) >= 11 is 0. The minimum atomic E-state index is -0.282. The molecule has 3 rings (SSSR count). The number of aliphatic imine (C=N–C) groups is 1. The van der Waals surface area contributed by atoms with Crippen molar-refractivity contribution < 1.29 is 4.74 Å². The third-order valence-electron chi connectivity index (χ3n) is 5.89. The Bertz CT molecular complexity index is 1030. The third-order valence-corrected chi connectivity index (χ3v) is 5.89. The van der Waals surface area contributed by atoms with Gasteiger partial charge in [-0.25, -0.2) is 0 Å². The Balaban J connectivity index is 1.59. The highest BCUT2D eigenvalue weighted by Crippen LogP contribution is 2.21. The van der Waals surface area contributed by atoms with Gasteiger partial charge >= 0.3 is 0 Å². The van der Waals surface area contributed by atoms with E-state index in [1.54, 1.807) is 23.2 Å². The zero-order valence-corrected chi connectivity index (χ0v) is 20.3. The van der Waals surface area contributed by atoms with Gasteiger partial charge < -0.3 is 15.2 Å². The largest absolute Gasteiger partial charge is 0.367 e. The monoisotopic (exact) mass is 464 g/mol. The van der Waals surface area contributed by atoms with Crippen molar-refractivity contribution in [1.82, 2.24) is 14.8 Å². The van der Waals surface area contributed by atoms with E-state index in [1.165, 1.54) is 25.5 Å². The first-order valence-electron chi connectivity index (χ1n) is 12.1. The average Bonchev–Trinajstić information content (AvgIpc) is 2.86. The highest BCUT2D eigenvalue weighted by Gasteiger charge is 2.17. The van der Waals surface area contributed by atoms with Gasteiger partial charge in [0.25, 0.3) is 0 Å². The van der Waals surface area contributed by atoms with Crippen LogP contribution >= 0.6 is 0 Å². The van der Waals surface area contributed by atoms with Crippen molar-refractivity contribution in [2.45, 2.75) is 64.2 Å². The molecule has 1 atom stereocenters. The van der Waals surface area contributed by atoms with E-state index in [-0.39, 0.29) is 17.6 Å². The van der Waals surface area contributed by atoms with Gasteiger partial charge in [-0.05, 0) is 37.0 Å². The summed E-state index contributed by atoms with van der Waals surface area (Å²) in [6.45, 7) is 3.79. The standard InChI is InChI=1S/C26H36N6O2/c1-3-31(2)29-13-15-32-14-12-26(33)25(30-32)17-21-8-7-9-22(16-21)19-28-20-24(18-27)34-23-10-5-4-6-11-23/h7-9,12-14,16,18-19,23-24,27H,3-6,10-11,15,17,20H2,1-2H3/b27-18?,28-19?,29-13-. The van der Waals surface area contributed by atoms with Crippen molar-refractivity contribution in [2.24, 2.45) is 10.1 Å². The normalized spacial score (nSPS) is 15.7. The SMILES string of the molecule is CCN(C)/N=C\Cn1ccc(=O)c(Cc2cccc(C=NCC(C=N)OC3CCCCC3)c2)n1. The first-order chi connectivity index (χ1) is 16.6. The predicted molar refractivity (Wildman–Crippen MR) is 138 cm³/mol. The van der Waals surface area contributed by atoms with Crippen LogP contribution in [0.4, 0.5) is 0 Å². The maximum absolute atomic E-state index is 12.4. The molecule has 8 nitrogen and oxygen atoms in total. The number of aromatic nitrogens is 2. The lowest BCUT2D eigenvalue weighted by Crippen LogP contribution is -2.27. The molecule has 34 heavy (non-hydrogen) atoms. The summed E-state index contributed by atoms with van der Waals surface area (Å²) in [6.07, 6.45) is 12.9. The Morgan fingerprint density at radius 2 is 2.12 bits per heavy atom. The minimum Gasteiger partial charge on any atom is -0.367 e. The summed E-state index contributed by atoms with van der Waals surface area (Å²) in [5, 5.41) is 18.3. The van der Waals surface area contributed by atoms with Crippen LogP contribution in [0, 0.1) is 5.41 Å². The molecule has 1 aliphatic carbocycles. The maximum atomic E-state index is 12.4. The molecule has 1 aromatic carbocycles. The molecule has 0 amide bonds. The van der Waals surface area contributed by atoms with E-state index in [9.17, 15) is 4.79 Å². The van der Waals surface area contributed by atoms with Crippen LogP contribution in [-0.4, -0.2) is 65.8 Å². The van der Waals surface area contributed by atoms with Crippen LogP contribution in [-0.2, 0) is 17.7 Å². The first kappa shape index (κ1) is 25.5. The Morgan fingerprint density at radius 3 is 2.88 bits per heavy atom. The van der Waals surface area contributed by atoms with Gasteiger partial charge in [-0.1, -0.05) is 37.5 Å². The van der Waals surface area contributed by atoms with E-state index in [0.29, 0.717) is 25.2 Å². The smallest absolute Gasteiger partial charge is 0.203 e. The molecule has 182 valence electrons. The van der Waals surface area contributed by atoms with Gasteiger partial charge in [0, 0.05) is 50.9 Å². The van der Waals surface area contributed by atoms with Crippen molar-refractivity contribution in [3.05, 3.63) is 63.6 Å². The van der Waals surface area contributed by atoms with Gasteiger partial charge in [0.05, 0.1) is 19.2 Å². The molecule has 1 saturated carbocycles. The van der Waals surface area contributed by atoms with E-state index in [2.05, 4.69) is 15.2 Å². The number of rotatable bonds is 12. The van der Waals surface area contributed by atoms with Crippen LogP contribution < -0.4 is 5.43 Å². The van der Waals surface area contributed by atoms with Crippen molar-refractivity contribution in [1.29, 1.82) is 5.41 Å². The number of nitrogens with zero attached hydrogens (tertiary/aromatic N) is 5. The van der Waals surface area contributed by atoms with E-state index < -0.39 is 0 Å².